The zero-order valence-electron chi connectivity index (χ0n) is 12.8. The summed E-state index contributed by atoms with van der Waals surface area (Å²) in [5.41, 5.74) is 8.62. The van der Waals surface area contributed by atoms with E-state index in [0.717, 1.165) is 5.69 Å². The maximum atomic E-state index is 5.48. The van der Waals surface area contributed by atoms with E-state index in [1.165, 1.54) is 11.3 Å². The molecule has 1 heterocycles. The summed E-state index contributed by atoms with van der Waals surface area (Å²) < 4.78 is 0. The number of hydrogen-bond acceptors (Lipinski definition) is 4. The van der Waals surface area contributed by atoms with Gasteiger partial charge in [0.15, 0.2) is 0 Å². The van der Waals surface area contributed by atoms with E-state index in [0.29, 0.717) is 5.82 Å². The summed E-state index contributed by atoms with van der Waals surface area (Å²) in [5.74, 6) is 0.427. The van der Waals surface area contributed by atoms with E-state index in [1.54, 1.807) is 12.4 Å². The first-order valence-corrected chi connectivity index (χ1v) is 7.01. The molecule has 2 aromatic rings. The second-order valence-corrected chi connectivity index (χ2v) is 4.96. The van der Waals surface area contributed by atoms with Crippen LogP contribution < -0.4 is 10.6 Å². The lowest BCUT2D eigenvalue weighted by Gasteiger charge is -2.11. The molecule has 0 saturated heterocycles. The van der Waals surface area contributed by atoms with Crippen LogP contribution in [-0.2, 0) is 0 Å². The Hall–Kier alpha value is -2.88. The van der Waals surface area contributed by atoms with E-state index in [4.69, 9.17) is 5.73 Å². The molecular weight excluding hydrogens is 272 g/mol. The highest BCUT2D eigenvalue weighted by atomic mass is 15.1. The largest absolute Gasteiger partial charge is 0.382 e. The molecule has 0 saturated carbocycles. The van der Waals surface area contributed by atoms with Gasteiger partial charge in [0, 0.05) is 19.8 Å². The summed E-state index contributed by atoms with van der Waals surface area (Å²) in [6.45, 7) is 0. The number of nitrogens with two attached hydrogens (primary N) is 1. The van der Waals surface area contributed by atoms with Crippen molar-refractivity contribution < 1.29 is 0 Å². The SMILES string of the molecule is CN(C)c1ccc(/C=C/C=C/C=C/c2cnc(N)cn2)cc1. The van der Waals surface area contributed by atoms with Crippen molar-refractivity contribution in [1.82, 2.24) is 9.97 Å². The van der Waals surface area contributed by atoms with Crippen LogP contribution in [0, 0.1) is 0 Å². The number of nitrogens with zero attached hydrogens (tertiary/aromatic N) is 3. The van der Waals surface area contributed by atoms with Gasteiger partial charge in [-0.05, 0) is 23.8 Å². The Bertz CT molecular complexity index is 665. The van der Waals surface area contributed by atoms with Gasteiger partial charge < -0.3 is 10.6 Å². The quantitative estimate of drug-likeness (QED) is 0.858. The lowest BCUT2D eigenvalue weighted by molar-refractivity contribution is 1.13. The molecule has 2 N–H and O–H groups in total. The number of nitrogen functional groups attached to an aromatic ring is 1. The third-order valence-corrected chi connectivity index (χ3v) is 2.99. The third-order valence-electron chi connectivity index (χ3n) is 2.99. The fraction of sp³-hybridized carbons (Fsp3) is 0.111. The molecule has 0 aliphatic carbocycles. The van der Waals surface area contributed by atoms with Crippen LogP contribution >= 0.6 is 0 Å². The summed E-state index contributed by atoms with van der Waals surface area (Å²) >= 11 is 0. The number of benzene rings is 1. The molecule has 112 valence electrons. The van der Waals surface area contributed by atoms with E-state index in [1.807, 2.05) is 44.5 Å². The predicted octanol–water partition coefficient (Wildman–Crippen LogP) is 3.41. The summed E-state index contributed by atoms with van der Waals surface area (Å²) in [5, 5.41) is 0. The maximum absolute atomic E-state index is 5.48. The summed E-state index contributed by atoms with van der Waals surface area (Å²) in [7, 11) is 4.07. The fourth-order valence-corrected chi connectivity index (χ4v) is 1.77. The molecule has 2 rings (SSSR count). The molecule has 0 amide bonds. The Balaban J connectivity index is 1.87. The molecular formula is C18H20N4. The minimum Gasteiger partial charge on any atom is -0.382 e. The number of allylic oxidation sites excluding steroid dienone is 4. The number of hydrogen-bond donors (Lipinski definition) is 1. The summed E-state index contributed by atoms with van der Waals surface area (Å²) in [6, 6.07) is 8.39. The molecule has 0 aliphatic rings. The first-order chi connectivity index (χ1) is 10.6. The fourth-order valence-electron chi connectivity index (χ4n) is 1.77. The molecule has 4 heteroatoms. The van der Waals surface area contributed by atoms with Crippen molar-refractivity contribution in [3.63, 3.8) is 0 Å². The van der Waals surface area contributed by atoms with Crippen LogP contribution in [0.15, 0.2) is 61.0 Å². The Labute approximate surface area is 131 Å². The highest BCUT2D eigenvalue weighted by Crippen LogP contribution is 2.13. The van der Waals surface area contributed by atoms with Crippen LogP contribution in [0.3, 0.4) is 0 Å². The van der Waals surface area contributed by atoms with Gasteiger partial charge in [0.2, 0.25) is 0 Å². The van der Waals surface area contributed by atoms with E-state index < -0.39 is 0 Å². The van der Waals surface area contributed by atoms with Crippen LogP contribution in [0.1, 0.15) is 11.3 Å². The van der Waals surface area contributed by atoms with Gasteiger partial charge in [0.25, 0.3) is 0 Å². The topological polar surface area (TPSA) is 55.0 Å². The van der Waals surface area contributed by atoms with E-state index in [2.05, 4.69) is 45.2 Å². The maximum Gasteiger partial charge on any atom is 0.141 e. The van der Waals surface area contributed by atoms with Crippen molar-refractivity contribution in [3.05, 3.63) is 72.2 Å². The molecule has 1 aromatic carbocycles. The Morgan fingerprint density at radius 2 is 1.55 bits per heavy atom. The highest BCUT2D eigenvalue weighted by molar-refractivity contribution is 5.56. The van der Waals surface area contributed by atoms with Gasteiger partial charge in [-0.25, -0.2) is 4.98 Å². The molecule has 22 heavy (non-hydrogen) atoms. The zero-order chi connectivity index (χ0) is 15.8. The van der Waals surface area contributed by atoms with Crippen molar-refractivity contribution in [1.29, 1.82) is 0 Å². The number of rotatable bonds is 5. The molecule has 0 fully saturated rings. The standard InChI is InChI=1S/C18H20N4/c1-22(2)17-11-9-15(10-12-17)7-5-3-4-6-8-16-13-21-18(19)14-20-16/h3-14H,1-2H3,(H2,19,21)/b4-3+,7-5+,8-6+. The zero-order valence-corrected chi connectivity index (χ0v) is 12.8. The molecule has 0 bridgehead atoms. The minimum absolute atomic E-state index is 0.427. The second-order valence-electron chi connectivity index (χ2n) is 4.96. The monoisotopic (exact) mass is 292 g/mol. The van der Waals surface area contributed by atoms with Gasteiger partial charge in [-0.15, -0.1) is 0 Å². The molecule has 0 aliphatic heterocycles. The first-order valence-electron chi connectivity index (χ1n) is 7.01. The molecule has 1 aromatic heterocycles. The van der Waals surface area contributed by atoms with E-state index >= 15 is 0 Å². The van der Waals surface area contributed by atoms with Crippen LogP contribution in [0.25, 0.3) is 12.2 Å². The summed E-state index contributed by atoms with van der Waals surface area (Å²) in [4.78, 5) is 10.2. The van der Waals surface area contributed by atoms with Crippen LogP contribution in [0.5, 0.6) is 0 Å². The van der Waals surface area contributed by atoms with Crippen molar-refractivity contribution in [3.8, 4) is 0 Å². The Kier molecular flexibility index (Phi) is 5.49. The second kappa shape index (κ2) is 7.78. The molecule has 4 nitrogen and oxygen atoms in total. The average Bonchev–Trinajstić information content (AvgIpc) is 2.53. The van der Waals surface area contributed by atoms with Gasteiger partial charge in [-0.3, -0.25) is 4.98 Å². The van der Waals surface area contributed by atoms with Crippen molar-refractivity contribution in [2.75, 3.05) is 24.7 Å². The third kappa shape index (κ3) is 4.90. The Morgan fingerprint density at radius 3 is 2.14 bits per heavy atom. The van der Waals surface area contributed by atoms with Crippen LogP contribution in [-0.4, -0.2) is 24.1 Å². The minimum atomic E-state index is 0.427. The average molecular weight is 292 g/mol. The molecule has 0 spiro atoms. The normalized spacial score (nSPS) is 11.7. The van der Waals surface area contributed by atoms with E-state index in [-0.39, 0.29) is 0 Å². The van der Waals surface area contributed by atoms with Crippen LogP contribution in [0.2, 0.25) is 0 Å². The van der Waals surface area contributed by atoms with Gasteiger partial charge in [0.05, 0.1) is 18.1 Å². The van der Waals surface area contributed by atoms with Crippen molar-refractivity contribution in [2.24, 2.45) is 0 Å². The number of aromatic nitrogens is 2. The lowest BCUT2D eigenvalue weighted by Crippen LogP contribution is -2.07. The predicted molar refractivity (Wildman–Crippen MR) is 94.4 cm³/mol. The summed E-state index contributed by atoms with van der Waals surface area (Å²) in [6.07, 6.45) is 15.0. The molecule has 0 radical (unpaired) electrons. The smallest absolute Gasteiger partial charge is 0.141 e. The van der Waals surface area contributed by atoms with Crippen LogP contribution in [0.4, 0.5) is 11.5 Å². The molecule has 0 atom stereocenters. The highest BCUT2D eigenvalue weighted by Gasteiger charge is 1.92. The van der Waals surface area contributed by atoms with Gasteiger partial charge in [-0.1, -0.05) is 42.5 Å². The number of anilines is 2. The van der Waals surface area contributed by atoms with Gasteiger partial charge in [-0.2, -0.15) is 0 Å². The van der Waals surface area contributed by atoms with Gasteiger partial charge >= 0.3 is 0 Å². The molecule has 0 unspecified atom stereocenters. The van der Waals surface area contributed by atoms with Crippen molar-refractivity contribution in [2.45, 2.75) is 0 Å². The first kappa shape index (κ1) is 15.5. The van der Waals surface area contributed by atoms with Gasteiger partial charge in [0.1, 0.15) is 5.82 Å². The van der Waals surface area contributed by atoms with Crippen molar-refractivity contribution >= 4 is 23.7 Å². The Morgan fingerprint density at radius 1 is 0.864 bits per heavy atom. The lowest BCUT2D eigenvalue weighted by atomic mass is 10.2. The van der Waals surface area contributed by atoms with E-state index in [9.17, 15) is 0 Å².